The number of nitrogens with zero attached hydrogens (tertiary/aromatic N) is 3. The Kier molecular flexibility index (Phi) is 5.19. The van der Waals surface area contributed by atoms with Crippen LogP contribution < -0.4 is 10.5 Å². The van der Waals surface area contributed by atoms with Gasteiger partial charge in [0.2, 0.25) is 0 Å². The lowest BCUT2D eigenvalue weighted by molar-refractivity contribution is -0.113. The van der Waals surface area contributed by atoms with Gasteiger partial charge in [0.15, 0.2) is 0 Å². The van der Waals surface area contributed by atoms with Gasteiger partial charge in [-0.25, -0.2) is 0 Å². The summed E-state index contributed by atoms with van der Waals surface area (Å²) in [4.78, 5) is 30.2. The van der Waals surface area contributed by atoms with Gasteiger partial charge in [0.1, 0.15) is 0 Å². The van der Waals surface area contributed by atoms with Crippen molar-refractivity contribution < 1.29 is 4.79 Å². The highest BCUT2D eigenvalue weighted by Gasteiger charge is 2.38. The van der Waals surface area contributed by atoms with Gasteiger partial charge < -0.3 is 4.57 Å². The zero-order valence-corrected chi connectivity index (χ0v) is 19.8. The van der Waals surface area contributed by atoms with Gasteiger partial charge in [0.25, 0.3) is 11.5 Å². The molecule has 1 fully saturated rings. The average Bonchev–Trinajstić information content (AvgIpc) is 3.06. The van der Waals surface area contributed by atoms with Crippen LogP contribution in [0.3, 0.4) is 0 Å². The second-order valence-corrected chi connectivity index (χ2v) is 10.2. The molecule has 0 unspecified atom stereocenters. The summed E-state index contributed by atoms with van der Waals surface area (Å²) in [5, 5.41) is 0.622. The number of piperidine rings is 1. The quantitative estimate of drug-likeness (QED) is 0.517. The molecule has 1 aromatic heterocycles. The minimum atomic E-state index is 0.00481. The van der Waals surface area contributed by atoms with Crippen LogP contribution in [0.15, 0.2) is 65.5 Å². The molecule has 0 radical (unpaired) electrons. The average molecular weight is 472 g/mol. The van der Waals surface area contributed by atoms with Gasteiger partial charge >= 0.3 is 0 Å². The lowest BCUT2D eigenvalue weighted by atomic mass is 9.83. The Bertz CT molecular complexity index is 1380. The maximum Gasteiger partial charge on any atom is 0.260 e. The van der Waals surface area contributed by atoms with E-state index in [9.17, 15) is 9.59 Å². The van der Waals surface area contributed by atoms with E-state index >= 15 is 0 Å². The van der Waals surface area contributed by atoms with Crippen molar-refractivity contribution in [3.63, 3.8) is 0 Å². The van der Waals surface area contributed by atoms with Crippen LogP contribution in [0.2, 0.25) is 5.02 Å². The maximum absolute atomic E-state index is 13.7. The van der Waals surface area contributed by atoms with E-state index in [-0.39, 0.29) is 11.5 Å². The fourth-order valence-electron chi connectivity index (χ4n) is 5.75. The molecule has 6 heteroatoms. The minimum absolute atomic E-state index is 0.00481. The number of aryl methyl sites for hydroxylation is 1. The summed E-state index contributed by atoms with van der Waals surface area (Å²) in [7, 11) is 0. The van der Waals surface area contributed by atoms with E-state index in [1.807, 2.05) is 51.9 Å². The lowest BCUT2D eigenvalue weighted by Gasteiger charge is -2.43. The highest BCUT2D eigenvalue weighted by Crippen LogP contribution is 2.41. The SMILES string of the molecule is Cc1ccc(C=C2C(=O)N(CN3C[C@@H]4C[C@H](C3)c3cccc(=O)n3C4)c3cc(Cl)ccc32)cc1. The molecule has 6 rings (SSSR count). The number of anilines is 1. The van der Waals surface area contributed by atoms with E-state index in [2.05, 4.69) is 30.0 Å². The van der Waals surface area contributed by atoms with E-state index in [4.69, 9.17) is 11.6 Å². The smallest absolute Gasteiger partial charge is 0.260 e. The number of hydrogen-bond acceptors (Lipinski definition) is 3. The van der Waals surface area contributed by atoms with Gasteiger partial charge in [-0.15, -0.1) is 0 Å². The van der Waals surface area contributed by atoms with Crippen molar-refractivity contribution in [2.45, 2.75) is 25.8 Å². The van der Waals surface area contributed by atoms with Crippen molar-refractivity contribution in [1.29, 1.82) is 0 Å². The molecule has 4 heterocycles. The molecule has 3 aliphatic heterocycles. The number of carbonyl (C=O) groups excluding carboxylic acids is 1. The predicted octanol–water partition coefficient (Wildman–Crippen LogP) is 4.77. The molecule has 5 nitrogen and oxygen atoms in total. The normalized spacial score (nSPS) is 22.7. The molecule has 2 aromatic carbocycles. The van der Waals surface area contributed by atoms with Crippen molar-refractivity contribution in [3.8, 4) is 0 Å². The minimum Gasteiger partial charge on any atom is -0.312 e. The number of benzene rings is 2. The molecule has 0 spiro atoms. The molecule has 34 heavy (non-hydrogen) atoms. The molecule has 1 amide bonds. The van der Waals surface area contributed by atoms with Gasteiger partial charge in [-0.3, -0.25) is 19.4 Å². The molecule has 2 atom stereocenters. The number of hydrogen-bond donors (Lipinski definition) is 0. The first-order chi connectivity index (χ1) is 16.5. The molecule has 1 saturated heterocycles. The van der Waals surface area contributed by atoms with Crippen LogP contribution in [0.25, 0.3) is 11.6 Å². The number of aromatic nitrogens is 1. The van der Waals surface area contributed by atoms with Crippen molar-refractivity contribution in [2.75, 3.05) is 24.7 Å². The summed E-state index contributed by atoms with van der Waals surface area (Å²) in [6, 6.07) is 19.5. The summed E-state index contributed by atoms with van der Waals surface area (Å²) in [6.45, 7) is 5.02. The molecular formula is C28H26ClN3O2. The topological polar surface area (TPSA) is 45.6 Å². The van der Waals surface area contributed by atoms with Crippen molar-refractivity contribution >= 4 is 34.8 Å². The van der Waals surface area contributed by atoms with Crippen LogP contribution in [-0.4, -0.2) is 35.1 Å². The fraction of sp³-hybridized carbons (Fsp3) is 0.286. The summed E-state index contributed by atoms with van der Waals surface area (Å²) in [6.07, 6.45) is 3.07. The molecule has 2 bridgehead atoms. The summed E-state index contributed by atoms with van der Waals surface area (Å²) >= 11 is 6.35. The lowest BCUT2D eigenvalue weighted by Crippen LogP contribution is -2.50. The third-order valence-corrected chi connectivity index (χ3v) is 7.54. The van der Waals surface area contributed by atoms with E-state index in [0.717, 1.165) is 48.6 Å². The third kappa shape index (κ3) is 3.69. The summed E-state index contributed by atoms with van der Waals surface area (Å²) in [5.74, 6) is 0.719. The Balaban J connectivity index is 1.31. The van der Waals surface area contributed by atoms with E-state index in [1.165, 1.54) is 5.56 Å². The van der Waals surface area contributed by atoms with E-state index in [0.29, 0.717) is 29.1 Å². The fourth-order valence-corrected chi connectivity index (χ4v) is 5.91. The first-order valence-electron chi connectivity index (χ1n) is 11.8. The standard InChI is InChI=1S/C28H26ClN3O2/c1-18-5-7-19(8-6-18)12-24-23-10-9-22(29)13-26(23)32(28(24)34)17-30-14-20-11-21(16-30)25-3-2-4-27(33)31(25)15-20/h2-10,12-13,20-21H,11,14-17H2,1H3/t20-,21+/m0/s1. The van der Waals surface area contributed by atoms with E-state index < -0.39 is 0 Å². The molecule has 0 aliphatic carbocycles. The van der Waals surface area contributed by atoms with Gasteiger partial charge in [-0.2, -0.15) is 0 Å². The largest absolute Gasteiger partial charge is 0.312 e. The Labute approximate surface area is 203 Å². The van der Waals surface area contributed by atoms with Crippen LogP contribution in [0.5, 0.6) is 0 Å². The summed E-state index contributed by atoms with van der Waals surface area (Å²) in [5.41, 5.74) is 5.88. The van der Waals surface area contributed by atoms with Crippen LogP contribution in [0.1, 0.15) is 34.7 Å². The van der Waals surface area contributed by atoms with Crippen LogP contribution in [-0.2, 0) is 11.3 Å². The molecule has 3 aliphatic rings. The number of rotatable bonds is 3. The van der Waals surface area contributed by atoms with Gasteiger partial charge in [-0.1, -0.05) is 53.6 Å². The first kappa shape index (κ1) is 21.4. The molecule has 172 valence electrons. The number of halogens is 1. The number of fused-ring (bicyclic) bond motifs is 5. The Morgan fingerprint density at radius 1 is 1.00 bits per heavy atom. The Morgan fingerprint density at radius 3 is 2.65 bits per heavy atom. The molecule has 0 N–H and O–H groups in total. The summed E-state index contributed by atoms with van der Waals surface area (Å²) < 4.78 is 1.94. The van der Waals surface area contributed by atoms with Gasteiger partial charge in [-0.05, 0) is 49.1 Å². The maximum atomic E-state index is 13.7. The molecular weight excluding hydrogens is 446 g/mol. The zero-order chi connectivity index (χ0) is 23.4. The second-order valence-electron chi connectivity index (χ2n) is 9.74. The van der Waals surface area contributed by atoms with Gasteiger partial charge in [0, 0.05) is 53.5 Å². The van der Waals surface area contributed by atoms with Gasteiger partial charge in [0.05, 0.1) is 12.4 Å². The molecule has 0 saturated carbocycles. The van der Waals surface area contributed by atoms with Crippen LogP contribution in [0.4, 0.5) is 5.69 Å². The van der Waals surface area contributed by atoms with E-state index in [1.54, 1.807) is 6.07 Å². The van der Waals surface area contributed by atoms with Crippen LogP contribution >= 0.6 is 11.6 Å². The number of amides is 1. The highest BCUT2D eigenvalue weighted by molar-refractivity contribution is 6.37. The highest BCUT2D eigenvalue weighted by atomic mass is 35.5. The monoisotopic (exact) mass is 471 g/mol. The predicted molar refractivity (Wildman–Crippen MR) is 136 cm³/mol. The molecule has 3 aromatic rings. The second kappa shape index (κ2) is 8.26. The third-order valence-electron chi connectivity index (χ3n) is 7.30. The van der Waals surface area contributed by atoms with Crippen molar-refractivity contribution in [3.05, 3.63) is 98.4 Å². The van der Waals surface area contributed by atoms with Crippen molar-refractivity contribution in [2.24, 2.45) is 5.92 Å². The number of likely N-dealkylation sites (tertiary alicyclic amines) is 1. The Morgan fingerprint density at radius 2 is 1.82 bits per heavy atom. The zero-order valence-electron chi connectivity index (χ0n) is 19.1. The number of pyridine rings is 1. The Hall–Kier alpha value is -3.15. The number of carbonyl (C=O) groups is 1. The van der Waals surface area contributed by atoms with Crippen LogP contribution in [0, 0.1) is 12.8 Å². The van der Waals surface area contributed by atoms with Crippen molar-refractivity contribution in [1.82, 2.24) is 9.47 Å². The first-order valence-corrected chi connectivity index (χ1v) is 12.2.